The first-order chi connectivity index (χ1) is 19.4. The second kappa shape index (κ2) is 20.3. The number of aliphatic hydroxyl groups excluding tert-OH is 1. The van der Waals surface area contributed by atoms with E-state index in [0.717, 1.165) is 12.8 Å². The predicted octanol–water partition coefficient (Wildman–Crippen LogP) is 5.75. The van der Waals surface area contributed by atoms with Crippen molar-refractivity contribution in [2.75, 3.05) is 38.5 Å². The van der Waals surface area contributed by atoms with Crippen molar-refractivity contribution in [1.82, 2.24) is 19.5 Å². The summed E-state index contributed by atoms with van der Waals surface area (Å²) in [4.78, 5) is 22.6. The first-order valence-corrected chi connectivity index (χ1v) is 16.8. The van der Waals surface area contributed by atoms with Crippen molar-refractivity contribution in [2.45, 2.75) is 116 Å². The molecule has 12 heteroatoms. The third-order valence-corrected chi connectivity index (χ3v) is 7.96. The van der Waals surface area contributed by atoms with Gasteiger partial charge in [-0.15, -0.1) is 0 Å². The van der Waals surface area contributed by atoms with Crippen molar-refractivity contribution in [2.24, 2.45) is 0 Å². The normalized spacial score (nSPS) is 14.1. The molecule has 2 aromatic rings. The number of fused-ring (bicyclic) bond motifs is 1. The first kappa shape index (κ1) is 34.6. The van der Waals surface area contributed by atoms with E-state index in [1.807, 2.05) is 0 Å². The number of aliphatic hydroxyl groups is 1. The van der Waals surface area contributed by atoms with Crippen LogP contribution in [0.3, 0.4) is 0 Å². The minimum Gasteiger partial charge on any atom is -0.394 e. The van der Waals surface area contributed by atoms with Gasteiger partial charge in [0.05, 0.1) is 44.5 Å². The van der Waals surface area contributed by atoms with Gasteiger partial charge in [-0.1, -0.05) is 90.4 Å². The van der Waals surface area contributed by atoms with Crippen LogP contribution in [-0.4, -0.2) is 68.4 Å². The van der Waals surface area contributed by atoms with Crippen LogP contribution in [0.1, 0.15) is 103 Å². The highest BCUT2D eigenvalue weighted by Crippen LogP contribution is 2.41. The molecule has 230 valence electrons. The lowest BCUT2D eigenvalue weighted by Crippen LogP contribution is -2.25. The minimum absolute atomic E-state index is 0.00116. The number of hydrogen-bond donors (Lipinski definition) is 3. The Morgan fingerprint density at radius 3 is 2.12 bits per heavy atom. The van der Waals surface area contributed by atoms with Gasteiger partial charge in [-0.05, 0) is 13.3 Å². The monoisotopic (exact) mass is 585 g/mol. The van der Waals surface area contributed by atoms with Crippen LogP contribution in [0.2, 0.25) is 0 Å². The minimum atomic E-state index is -3.99. The van der Waals surface area contributed by atoms with E-state index < -0.39 is 20.0 Å². The molecule has 4 N–H and O–H groups in total. The number of ether oxygens (including phenoxy) is 2. The molecule has 2 heterocycles. The number of nitrogens with zero attached hydrogens (tertiary/aromatic N) is 4. The van der Waals surface area contributed by atoms with Crippen LogP contribution in [0.4, 0.5) is 5.95 Å². The Morgan fingerprint density at radius 2 is 1.52 bits per heavy atom. The number of anilines is 1. The van der Waals surface area contributed by atoms with Crippen molar-refractivity contribution < 1.29 is 28.6 Å². The third-order valence-electron chi connectivity index (χ3n) is 6.90. The second-order valence-corrected chi connectivity index (χ2v) is 12.3. The summed E-state index contributed by atoms with van der Waals surface area (Å²) in [6.07, 6.45) is 18.6. The predicted molar refractivity (Wildman–Crippen MR) is 158 cm³/mol. The highest BCUT2D eigenvalue weighted by molar-refractivity contribution is 7.52. The van der Waals surface area contributed by atoms with Crippen molar-refractivity contribution in [3.63, 3.8) is 0 Å². The molecule has 2 atom stereocenters. The van der Waals surface area contributed by atoms with Gasteiger partial charge < -0.3 is 34.3 Å². The maximum Gasteiger partial charge on any atom is 0.353 e. The molecule has 0 radical (unpaired) electrons. The summed E-state index contributed by atoms with van der Waals surface area (Å²) in [5.41, 5.74) is 7.47. The number of nitrogens with two attached hydrogens (primary N) is 1. The standard InChI is InChI=1S/C28H52N5O6P/c1-3-4-5-6-7-8-9-10-11-12-13-14-15-16-17-37-18-19-39-40(35,36)23-38-25(21-34)20-33-22-30-26-24(2)31-28(29)32-27(26)33/h22,25,34H,3-21,23H2,1-2H3,(H,35,36)(H2,29,31,32)/t25-/m0/s1. The van der Waals surface area contributed by atoms with Gasteiger partial charge in [0.2, 0.25) is 5.95 Å². The molecule has 40 heavy (non-hydrogen) atoms. The van der Waals surface area contributed by atoms with Crippen LogP contribution in [0.25, 0.3) is 11.2 Å². The van der Waals surface area contributed by atoms with E-state index in [-0.39, 0.29) is 32.3 Å². The molecule has 0 bridgehead atoms. The molecule has 0 aliphatic rings. The van der Waals surface area contributed by atoms with E-state index in [2.05, 4.69) is 21.9 Å². The lowest BCUT2D eigenvalue weighted by molar-refractivity contribution is 0.0160. The smallest absolute Gasteiger partial charge is 0.353 e. The quantitative estimate of drug-likeness (QED) is 0.0968. The number of nitrogen functional groups attached to an aromatic ring is 1. The van der Waals surface area contributed by atoms with Crippen molar-refractivity contribution in [1.29, 1.82) is 0 Å². The lowest BCUT2D eigenvalue weighted by atomic mass is 10.0. The number of aromatic nitrogens is 4. The highest BCUT2D eigenvalue weighted by Gasteiger charge is 2.23. The molecule has 2 aromatic heterocycles. The van der Waals surface area contributed by atoms with Gasteiger partial charge in [-0.25, -0.2) is 9.97 Å². The maximum atomic E-state index is 12.3. The number of imidazole rings is 1. The van der Waals surface area contributed by atoms with Gasteiger partial charge in [0.25, 0.3) is 0 Å². The Balaban J connectivity index is 1.46. The van der Waals surface area contributed by atoms with E-state index in [9.17, 15) is 14.6 Å². The molecular formula is C28H52N5O6P. The van der Waals surface area contributed by atoms with Crippen LogP contribution in [-0.2, 0) is 25.1 Å². The summed E-state index contributed by atoms with van der Waals surface area (Å²) in [7, 11) is -3.99. The molecule has 0 saturated carbocycles. The molecule has 0 aliphatic carbocycles. The zero-order chi connectivity index (χ0) is 29.1. The summed E-state index contributed by atoms with van der Waals surface area (Å²) >= 11 is 0. The zero-order valence-corrected chi connectivity index (χ0v) is 25.5. The van der Waals surface area contributed by atoms with Crippen LogP contribution >= 0.6 is 7.60 Å². The fourth-order valence-electron chi connectivity index (χ4n) is 4.60. The average molecular weight is 586 g/mol. The molecule has 11 nitrogen and oxygen atoms in total. The van der Waals surface area contributed by atoms with Crippen molar-refractivity contribution in [3.05, 3.63) is 12.0 Å². The van der Waals surface area contributed by atoms with Gasteiger partial charge in [-0.3, -0.25) is 4.57 Å². The van der Waals surface area contributed by atoms with Gasteiger partial charge in [0.15, 0.2) is 5.65 Å². The topological polar surface area (TPSA) is 155 Å². The van der Waals surface area contributed by atoms with Gasteiger partial charge in [0.1, 0.15) is 11.9 Å². The molecule has 2 rings (SSSR count). The number of aryl methyl sites for hydroxylation is 1. The van der Waals surface area contributed by atoms with Crippen LogP contribution in [0.5, 0.6) is 0 Å². The van der Waals surface area contributed by atoms with E-state index in [0.29, 0.717) is 23.5 Å². The van der Waals surface area contributed by atoms with Crippen LogP contribution in [0.15, 0.2) is 6.33 Å². The fraction of sp³-hybridized carbons (Fsp3) is 0.821. The van der Waals surface area contributed by atoms with Crippen LogP contribution in [0, 0.1) is 6.92 Å². The largest absolute Gasteiger partial charge is 0.394 e. The second-order valence-electron chi connectivity index (χ2n) is 10.5. The Bertz CT molecular complexity index is 991. The number of unbranched alkanes of at least 4 members (excludes halogenated alkanes) is 13. The third kappa shape index (κ3) is 14.3. The molecule has 0 spiro atoms. The Hall–Kier alpha value is -1.62. The molecule has 0 amide bonds. The summed E-state index contributed by atoms with van der Waals surface area (Å²) in [6, 6.07) is 0. The van der Waals surface area contributed by atoms with E-state index in [1.54, 1.807) is 17.8 Å². The zero-order valence-electron chi connectivity index (χ0n) is 24.6. The van der Waals surface area contributed by atoms with Crippen LogP contribution < -0.4 is 5.73 Å². The molecule has 0 fully saturated rings. The fourth-order valence-corrected chi connectivity index (χ4v) is 5.43. The number of rotatable bonds is 25. The molecular weight excluding hydrogens is 533 g/mol. The summed E-state index contributed by atoms with van der Waals surface area (Å²) < 4.78 is 30.1. The van der Waals surface area contributed by atoms with E-state index in [4.69, 9.17) is 19.7 Å². The van der Waals surface area contributed by atoms with Crippen molar-refractivity contribution in [3.8, 4) is 0 Å². The van der Waals surface area contributed by atoms with E-state index >= 15 is 0 Å². The van der Waals surface area contributed by atoms with Gasteiger partial charge in [0, 0.05) is 6.61 Å². The first-order valence-electron chi connectivity index (χ1n) is 15.1. The molecule has 0 saturated heterocycles. The van der Waals surface area contributed by atoms with E-state index in [1.165, 1.54) is 77.0 Å². The Kier molecular flexibility index (Phi) is 17.5. The Morgan fingerprint density at radius 1 is 0.925 bits per heavy atom. The van der Waals surface area contributed by atoms with Gasteiger partial charge >= 0.3 is 7.60 Å². The Labute approximate surface area is 239 Å². The SMILES string of the molecule is CCCCCCCCCCCCCCCCOCCOP(=O)(O)CO[C@H](CO)Cn1cnc2c(C)nc(N)nc21. The maximum absolute atomic E-state index is 12.3. The number of hydrogen-bond acceptors (Lipinski definition) is 9. The van der Waals surface area contributed by atoms with Crippen molar-refractivity contribution >= 4 is 24.7 Å². The summed E-state index contributed by atoms with van der Waals surface area (Å²) in [6.45, 7) is 4.71. The lowest BCUT2D eigenvalue weighted by Gasteiger charge is -2.19. The van der Waals surface area contributed by atoms with Gasteiger partial charge in [-0.2, -0.15) is 4.98 Å². The summed E-state index contributed by atoms with van der Waals surface area (Å²) in [5, 5.41) is 9.69. The molecule has 1 unspecified atom stereocenters. The highest BCUT2D eigenvalue weighted by atomic mass is 31.2. The molecule has 0 aromatic carbocycles. The molecule has 0 aliphatic heterocycles. The summed E-state index contributed by atoms with van der Waals surface area (Å²) in [5.74, 6) is 0.119. The average Bonchev–Trinajstić information content (AvgIpc) is 3.32.